The molecule has 84 valence electrons. The van der Waals surface area contributed by atoms with E-state index in [4.69, 9.17) is 5.11 Å². The maximum atomic E-state index is 10.5. The van der Waals surface area contributed by atoms with E-state index in [2.05, 4.69) is 20.8 Å². The third-order valence-corrected chi connectivity index (χ3v) is 3.61. The van der Waals surface area contributed by atoms with Crippen molar-refractivity contribution in [1.82, 2.24) is 0 Å². The number of carbonyl (C=O) groups is 1. The van der Waals surface area contributed by atoms with E-state index in [0.717, 1.165) is 4.88 Å². The average Bonchev–Trinajstić information content (AvgIpc) is 2.51. The van der Waals surface area contributed by atoms with Gasteiger partial charge in [0.1, 0.15) is 0 Å². The van der Waals surface area contributed by atoms with Gasteiger partial charge in [-0.3, -0.25) is 0 Å². The molecule has 0 aliphatic rings. The van der Waals surface area contributed by atoms with Crippen LogP contribution in [0, 0.1) is 0 Å². The normalized spacial score (nSPS) is 13.9. The smallest absolute Gasteiger partial charge is 0.332 e. The van der Waals surface area contributed by atoms with Crippen LogP contribution in [-0.2, 0) is 16.6 Å². The Balaban J connectivity index is 2.73. The van der Waals surface area contributed by atoms with Gasteiger partial charge in [-0.05, 0) is 17.5 Å². The SMILES string of the molecule is CC(C)(C)c1ccc(CC(O)C(=O)O)s1. The molecule has 0 saturated carbocycles. The Labute approximate surface area is 93.4 Å². The van der Waals surface area contributed by atoms with Crippen molar-refractivity contribution in [3.63, 3.8) is 0 Å². The number of thiophene rings is 1. The van der Waals surface area contributed by atoms with Crippen LogP contribution in [0.3, 0.4) is 0 Å². The Kier molecular flexibility index (Phi) is 3.52. The summed E-state index contributed by atoms with van der Waals surface area (Å²) in [6.07, 6.45) is -1.10. The molecule has 1 unspecified atom stereocenters. The van der Waals surface area contributed by atoms with Crippen molar-refractivity contribution in [3.8, 4) is 0 Å². The molecule has 0 saturated heterocycles. The lowest BCUT2D eigenvalue weighted by Gasteiger charge is -2.15. The van der Waals surface area contributed by atoms with E-state index in [1.54, 1.807) is 11.3 Å². The van der Waals surface area contributed by atoms with Gasteiger partial charge in [-0.25, -0.2) is 4.79 Å². The van der Waals surface area contributed by atoms with Gasteiger partial charge in [0.25, 0.3) is 0 Å². The Bertz CT molecular complexity index is 349. The zero-order valence-electron chi connectivity index (χ0n) is 9.15. The molecule has 0 aromatic carbocycles. The molecular weight excluding hydrogens is 212 g/mol. The molecule has 2 N–H and O–H groups in total. The van der Waals surface area contributed by atoms with Crippen molar-refractivity contribution in [2.45, 2.75) is 38.7 Å². The van der Waals surface area contributed by atoms with Gasteiger partial charge in [-0.2, -0.15) is 0 Å². The Morgan fingerprint density at radius 3 is 2.47 bits per heavy atom. The highest BCUT2D eigenvalue weighted by Gasteiger charge is 2.19. The summed E-state index contributed by atoms with van der Waals surface area (Å²) in [5, 5.41) is 17.8. The molecule has 0 aliphatic heterocycles. The Hall–Kier alpha value is -0.870. The highest BCUT2D eigenvalue weighted by Crippen LogP contribution is 2.29. The zero-order valence-corrected chi connectivity index (χ0v) is 9.97. The fourth-order valence-corrected chi connectivity index (χ4v) is 2.27. The summed E-state index contributed by atoms with van der Waals surface area (Å²) in [6.45, 7) is 6.32. The van der Waals surface area contributed by atoms with Gasteiger partial charge in [-0.15, -0.1) is 11.3 Å². The van der Waals surface area contributed by atoms with Crippen LogP contribution in [0.4, 0.5) is 0 Å². The molecule has 0 radical (unpaired) electrons. The van der Waals surface area contributed by atoms with Crippen molar-refractivity contribution in [3.05, 3.63) is 21.9 Å². The lowest BCUT2D eigenvalue weighted by atomic mass is 9.95. The van der Waals surface area contributed by atoms with Crippen molar-refractivity contribution in [2.24, 2.45) is 0 Å². The van der Waals surface area contributed by atoms with Gasteiger partial charge in [-0.1, -0.05) is 20.8 Å². The fraction of sp³-hybridized carbons (Fsp3) is 0.545. The second kappa shape index (κ2) is 4.33. The summed E-state index contributed by atoms with van der Waals surface area (Å²) in [4.78, 5) is 12.6. The number of rotatable bonds is 3. The molecule has 1 atom stereocenters. The molecule has 0 aliphatic carbocycles. The minimum absolute atomic E-state index is 0.0804. The number of carboxylic acids is 1. The number of hydrogen-bond donors (Lipinski definition) is 2. The standard InChI is InChI=1S/C11H16O3S/c1-11(2,3)9-5-4-7(15-9)6-8(12)10(13)14/h4-5,8,12H,6H2,1-3H3,(H,13,14). The van der Waals surface area contributed by atoms with E-state index >= 15 is 0 Å². The second-order valence-corrected chi connectivity index (χ2v) is 5.74. The Morgan fingerprint density at radius 1 is 1.47 bits per heavy atom. The first-order valence-electron chi connectivity index (χ1n) is 4.81. The summed E-state index contributed by atoms with van der Waals surface area (Å²) in [5.74, 6) is -1.17. The monoisotopic (exact) mass is 228 g/mol. The molecule has 1 rings (SSSR count). The third-order valence-electron chi connectivity index (χ3n) is 2.08. The molecule has 0 bridgehead atoms. The van der Waals surface area contributed by atoms with E-state index in [-0.39, 0.29) is 11.8 Å². The minimum Gasteiger partial charge on any atom is -0.479 e. The maximum absolute atomic E-state index is 10.5. The topological polar surface area (TPSA) is 57.5 Å². The van der Waals surface area contributed by atoms with Crippen LogP contribution in [0.25, 0.3) is 0 Å². The van der Waals surface area contributed by atoms with E-state index < -0.39 is 12.1 Å². The molecule has 0 fully saturated rings. The lowest BCUT2D eigenvalue weighted by molar-refractivity contribution is -0.146. The predicted molar refractivity (Wildman–Crippen MR) is 60.4 cm³/mol. The molecule has 0 spiro atoms. The van der Waals surface area contributed by atoms with E-state index in [1.165, 1.54) is 4.88 Å². The Morgan fingerprint density at radius 2 is 2.07 bits per heavy atom. The van der Waals surface area contributed by atoms with Crippen molar-refractivity contribution in [1.29, 1.82) is 0 Å². The molecule has 4 heteroatoms. The van der Waals surface area contributed by atoms with Gasteiger partial charge in [0.2, 0.25) is 0 Å². The number of aliphatic hydroxyl groups excluding tert-OH is 1. The summed E-state index contributed by atoms with van der Waals surface area (Å²) in [6, 6.07) is 3.88. The molecule has 1 aromatic heterocycles. The summed E-state index contributed by atoms with van der Waals surface area (Å²) < 4.78 is 0. The van der Waals surface area contributed by atoms with Gasteiger partial charge in [0.15, 0.2) is 6.10 Å². The first-order valence-corrected chi connectivity index (χ1v) is 5.62. The van der Waals surface area contributed by atoms with Crippen LogP contribution in [0.2, 0.25) is 0 Å². The van der Waals surface area contributed by atoms with Crippen LogP contribution in [0.5, 0.6) is 0 Å². The average molecular weight is 228 g/mol. The molecule has 15 heavy (non-hydrogen) atoms. The molecular formula is C11H16O3S. The van der Waals surface area contributed by atoms with Crippen LogP contribution in [0.1, 0.15) is 30.5 Å². The van der Waals surface area contributed by atoms with Gasteiger partial charge in [0.05, 0.1) is 0 Å². The highest BCUT2D eigenvalue weighted by molar-refractivity contribution is 7.12. The first kappa shape index (κ1) is 12.2. The number of carboxylic acid groups (broad SMARTS) is 1. The van der Waals surface area contributed by atoms with Gasteiger partial charge in [0, 0.05) is 16.2 Å². The van der Waals surface area contributed by atoms with E-state index in [0.29, 0.717) is 0 Å². The summed E-state index contributed by atoms with van der Waals surface area (Å²) in [5.41, 5.74) is 0.0804. The van der Waals surface area contributed by atoms with Crippen LogP contribution < -0.4 is 0 Å². The number of aliphatic carboxylic acids is 1. The molecule has 3 nitrogen and oxygen atoms in total. The quantitative estimate of drug-likeness (QED) is 0.832. The van der Waals surface area contributed by atoms with Crippen LogP contribution >= 0.6 is 11.3 Å². The summed E-state index contributed by atoms with van der Waals surface area (Å²) in [7, 11) is 0. The first-order chi connectivity index (χ1) is 6.80. The van der Waals surface area contributed by atoms with Crippen LogP contribution in [-0.4, -0.2) is 22.3 Å². The van der Waals surface area contributed by atoms with Crippen molar-refractivity contribution < 1.29 is 15.0 Å². The lowest BCUT2D eigenvalue weighted by Crippen LogP contribution is -2.21. The van der Waals surface area contributed by atoms with Gasteiger partial charge < -0.3 is 10.2 Å². The zero-order chi connectivity index (χ0) is 11.6. The second-order valence-electron chi connectivity index (χ2n) is 4.57. The maximum Gasteiger partial charge on any atom is 0.332 e. The fourth-order valence-electron chi connectivity index (χ4n) is 1.17. The van der Waals surface area contributed by atoms with Crippen LogP contribution in [0.15, 0.2) is 12.1 Å². The van der Waals surface area contributed by atoms with Gasteiger partial charge >= 0.3 is 5.97 Å². The van der Waals surface area contributed by atoms with E-state index in [9.17, 15) is 9.90 Å². The number of aliphatic hydroxyl groups is 1. The molecule has 1 aromatic rings. The highest BCUT2D eigenvalue weighted by atomic mass is 32.1. The van der Waals surface area contributed by atoms with Crippen molar-refractivity contribution in [2.75, 3.05) is 0 Å². The number of hydrogen-bond acceptors (Lipinski definition) is 3. The minimum atomic E-state index is -1.29. The largest absolute Gasteiger partial charge is 0.479 e. The van der Waals surface area contributed by atoms with Crippen molar-refractivity contribution >= 4 is 17.3 Å². The summed E-state index contributed by atoms with van der Waals surface area (Å²) >= 11 is 1.56. The molecule has 1 heterocycles. The molecule has 0 amide bonds. The predicted octanol–water partition coefficient (Wildman–Crippen LogP) is 2.03. The third kappa shape index (κ3) is 3.32. The van der Waals surface area contributed by atoms with E-state index in [1.807, 2.05) is 12.1 Å².